The van der Waals surface area contributed by atoms with Gasteiger partial charge >= 0.3 is 6.18 Å². The molecule has 3 aliphatic heterocycles. The summed E-state index contributed by atoms with van der Waals surface area (Å²) >= 11 is 0. The zero-order valence-electron chi connectivity index (χ0n) is 18.0. The number of piperidine rings is 1. The SMILES string of the molecule is C[C@@H]1Cc2cnc(NC3CCOCC3)nc2CN1C(=O)[C@H]1CCN(C)C[C@@H]1C(F)(F)F. The molecule has 1 aromatic heterocycles. The molecular weight excluding hydrogens is 411 g/mol. The third-order valence-electron chi connectivity index (χ3n) is 6.71. The van der Waals surface area contributed by atoms with Crippen molar-refractivity contribution < 1.29 is 22.7 Å². The van der Waals surface area contributed by atoms with Crippen molar-refractivity contribution in [1.29, 1.82) is 0 Å². The van der Waals surface area contributed by atoms with Crippen molar-refractivity contribution in [3.05, 3.63) is 17.5 Å². The van der Waals surface area contributed by atoms with Gasteiger partial charge in [0, 0.05) is 38.0 Å². The number of alkyl halides is 3. The predicted octanol–water partition coefficient (Wildman–Crippen LogP) is 2.47. The number of hydrogen-bond acceptors (Lipinski definition) is 6. The lowest BCUT2D eigenvalue weighted by molar-refractivity contribution is -0.205. The van der Waals surface area contributed by atoms with E-state index >= 15 is 0 Å². The van der Waals surface area contributed by atoms with Crippen molar-refractivity contribution in [2.45, 2.75) is 57.4 Å². The first-order valence-electron chi connectivity index (χ1n) is 11.0. The molecule has 3 atom stereocenters. The van der Waals surface area contributed by atoms with E-state index in [2.05, 4.69) is 15.3 Å². The lowest BCUT2D eigenvalue weighted by Crippen LogP contribution is -2.54. The van der Waals surface area contributed by atoms with Crippen LogP contribution in [0.5, 0.6) is 0 Å². The van der Waals surface area contributed by atoms with Crippen LogP contribution in [0.15, 0.2) is 6.20 Å². The van der Waals surface area contributed by atoms with Crippen LogP contribution in [-0.4, -0.2) is 77.3 Å². The van der Waals surface area contributed by atoms with Crippen molar-refractivity contribution in [2.75, 3.05) is 38.7 Å². The molecule has 4 heterocycles. The van der Waals surface area contributed by atoms with Gasteiger partial charge in [-0.2, -0.15) is 13.2 Å². The summed E-state index contributed by atoms with van der Waals surface area (Å²) in [5, 5.41) is 3.32. The molecule has 1 amide bonds. The molecule has 2 fully saturated rings. The lowest BCUT2D eigenvalue weighted by Gasteiger charge is -2.42. The summed E-state index contributed by atoms with van der Waals surface area (Å²) in [7, 11) is 1.67. The van der Waals surface area contributed by atoms with E-state index in [0.29, 0.717) is 37.8 Å². The normalized spacial score (nSPS) is 28.3. The van der Waals surface area contributed by atoms with Crippen molar-refractivity contribution >= 4 is 11.9 Å². The van der Waals surface area contributed by atoms with Crippen LogP contribution in [0, 0.1) is 11.8 Å². The Bertz CT molecular complexity index is 800. The standard InChI is InChI=1S/C21H30F3N5O2/c1-13-9-14-10-25-20(26-15-4-7-31-8-5-15)27-18(14)12-29(13)19(30)16-3-6-28(2)11-17(16)21(22,23)24/h10,13,15-17H,3-9,11-12H2,1-2H3,(H,25,26,27)/t13-,16+,17+/m1/s1. The number of nitrogens with one attached hydrogen (secondary N) is 1. The van der Waals surface area contributed by atoms with Crippen LogP contribution in [0.25, 0.3) is 0 Å². The monoisotopic (exact) mass is 441 g/mol. The second-order valence-corrected chi connectivity index (χ2v) is 9.02. The summed E-state index contributed by atoms with van der Waals surface area (Å²) in [6.45, 7) is 3.84. The number of carbonyl (C=O) groups is 1. The smallest absolute Gasteiger partial charge is 0.381 e. The van der Waals surface area contributed by atoms with Gasteiger partial charge in [-0.1, -0.05) is 0 Å². The number of rotatable bonds is 3. The van der Waals surface area contributed by atoms with Gasteiger partial charge in [0.05, 0.1) is 24.1 Å². The van der Waals surface area contributed by atoms with Crippen molar-refractivity contribution in [3.8, 4) is 0 Å². The van der Waals surface area contributed by atoms with Gasteiger partial charge < -0.3 is 19.9 Å². The minimum absolute atomic E-state index is 0.139. The number of aromatic nitrogens is 2. The molecular formula is C21H30F3N5O2. The summed E-state index contributed by atoms with van der Waals surface area (Å²) in [5.41, 5.74) is 1.66. The number of halogens is 3. The van der Waals surface area contributed by atoms with Gasteiger partial charge in [0.2, 0.25) is 11.9 Å². The van der Waals surface area contributed by atoms with Crippen LogP contribution in [0.3, 0.4) is 0 Å². The molecule has 1 aromatic rings. The van der Waals surface area contributed by atoms with Crippen LogP contribution in [-0.2, 0) is 22.5 Å². The number of carbonyl (C=O) groups excluding carboxylic acids is 1. The quantitative estimate of drug-likeness (QED) is 0.777. The Morgan fingerprint density at radius 1 is 1.26 bits per heavy atom. The average Bonchev–Trinajstić information content (AvgIpc) is 2.73. The molecule has 0 aliphatic carbocycles. The molecule has 4 rings (SSSR count). The predicted molar refractivity (Wildman–Crippen MR) is 108 cm³/mol. The fourth-order valence-electron chi connectivity index (χ4n) is 4.84. The number of amides is 1. The summed E-state index contributed by atoms with van der Waals surface area (Å²) in [6.07, 6.45) is -0.114. The second kappa shape index (κ2) is 8.90. The lowest BCUT2D eigenvalue weighted by atomic mass is 9.83. The van der Waals surface area contributed by atoms with Gasteiger partial charge in [-0.3, -0.25) is 4.79 Å². The van der Waals surface area contributed by atoms with E-state index in [-0.39, 0.29) is 31.6 Å². The third-order valence-corrected chi connectivity index (χ3v) is 6.71. The maximum atomic E-state index is 13.7. The molecule has 31 heavy (non-hydrogen) atoms. The first-order chi connectivity index (χ1) is 14.7. The second-order valence-electron chi connectivity index (χ2n) is 9.02. The van der Waals surface area contributed by atoms with E-state index in [9.17, 15) is 18.0 Å². The maximum Gasteiger partial charge on any atom is 0.393 e. The van der Waals surface area contributed by atoms with Crippen LogP contribution in [0.2, 0.25) is 0 Å². The zero-order valence-corrected chi connectivity index (χ0v) is 18.0. The first-order valence-corrected chi connectivity index (χ1v) is 11.0. The molecule has 7 nitrogen and oxygen atoms in total. The van der Waals surface area contributed by atoms with Crippen LogP contribution in [0.1, 0.15) is 37.4 Å². The molecule has 0 saturated carbocycles. The van der Waals surface area contributed by atoms with Gasteiger partial charge in [0.1, 0.15) is 0 Å². The Balaban J connectivity index is 1.50. The van der Waals surface area contributed by atoms with Crippen LogP contribution in [0.4, 0.5) is 19.1 Å². The Hall–Kier alpha value is -1.94. The van der Waals surface area contributed by atoms with Crippen molar-refractivity contribution in [1.82, 2.24) is 19.8 Å². The zero-order chi connectivity index (χ0) is 22.2. The van der Waals surface area contributed by atoms with E-state index in [1.807, 2.05) is 6.92 Å². The Kier molecular flexibility index (Phi) is 6.39. The summed E-state index contributed by atoms with van der Waals surface area (Å²) < 4.78 is 46.4. The summed E-state index contributed by atoms with van der Waals surface area (Å²) in [6, 6.07) is 0.0465. The van der Waals surface area contributed by atoms with E-state index in [4.69, 9.17) is 4.74 Å². The van der Waals surface area contributed by atoms with Gasteiger partial charge in [-0.15, -0.1) is 0 Å². The van der Waals surface area contributed by atoms with Gasteiger partial charge in [0.15, 0.2) is 0 Å². The fraction of sp³-hybridized carbons (Fsp3) is 0.762. The number of ether oxygens (including phenoxy) is 1. The number of fused-ring (bicyclic) bond motifs is 1. The molecule has 0 unspecified atom stereocenters. The van der Waals surface area contributed by atoms with Crippen molar-refractivity contribution in [3.63, 3.8) is 0 Å². The van der Waals surface area contributed by atoms with E-state index in [1.165, 1.54) is 0 Å². The Morgan fingerprint density at radius 3 is 2.71 bits per heavy atom. The summed E-state index contributed by atoms with van der Waals surface area (Å²) in [4.78, 5) is 25.5. The Labute approximate surface area is 180 Å². The molecule has 10 heteroatoms. The molecule has 0 bridgehead atoms. The molecule has 1 N–H and O–H groups in total. The maximum absolute atomic E-state index is 13.7. The van der Waals surface area contributed by atoms with Crippen LogP contribution >= 0.6 is 0 Å². The molecule has 0 aromatic carbocycles. The van der Waals surface area contributed by atoms with E-state index < -0.39 is 23.9 Å². The molecule has 3 aliphatic rings. The fourth-order valence-corrected chi connectivity index (χ4v) is 4.84. The molecule has 0 radical (unpaired) electrons. The average molecular weight is 441 g/mol. The summed E-state index contributed by atoms with van der Waals surface area (Å²) in [5.74, 6) is -2.59. The molecule has 172 valence electrons. The minimum Gasteiger partial charge on any atom is -0.381 e. The highest BCUT2D eigenvalue weighted by molar-refractivity contribution is 5.80. The van der Waals surface area contributed by atoms with Gasteiger partial charge in [-0.05, 0) is 51.8 Å². The highest BCUT2D eigenvalue weighted by atomic mass is 19.4. The van der Waals surface area contributed by atoms with E-state index in [0.717, 1.165) is 18.4 Å². The number of likely N-dealkylation sites (tertiary alicyclic amines) is 1. The number of anilines is 1. The first kappa shape index (κ1) is 22.3. The number of nitrogens with zero attached hydrogens (tertiary/aromatic N) is 4. The minimum atomic E-state index is -4.39. The third kappa shape index (κ3) is 4.95. The topological polar surface area (TPSA) is 70.6 Å². The van der Waals surface area contributed by atoms with Gasteiger partial charge in [0.25, 0.3) is 0 Å². The van der Waals surface area contributed by atoms with E-state index in [1.54, 1.807) is 23.0 Å². The van der Waals surface area contributed by atoms with Crippen LogP contribution < -0.4 is 5.32 Å². The Morgan fingerprint density at radius 2 is 2.00 bits per heavy atom. The number of hydrogen-bond donors (Lipinski definition) is 1. The highest BCUT2D eigenvalue weighted by Crippen LogP contribution is 2.39. The van der Waals surface area contributed by atoms with Gasteiger partial charge in [-0.25, -0.2) is 9.97 Å². The van der Waals surface area contributed by atoms with Crippen molar-refractivity contribution in [2.24, 2.45) is 11.8 Å². The highest BCUT2D eigenvalue weighted by Gasteiger charge is 2.50. The largest absolute Gasteiger partial charge is 0.393 e. The molecule has 0 spiro atoms. The molecule has 2 saturated heterocycles.